The lowest BCUT2D eigenvalue weighted by atomic mass is 10.2. The van der Waals surface area contributed by atoms with Gasteiger partial charge in [-0.05, 0) is 31.0 Å². The number of alkyl halides is 1. The zero-order valence-corrected chi connectivity index (χ0v) is 13.4. The van der Waals surface area contributed by atoms with Crippen molar-refractivity contribution in [2.75, 3.05) is 11.9 Å². The summed E-state index contributed by atoms with van der Waals surface area (Å²) in [6, 6.07) is 5.49. The first-order valence-electron chi connectivity index (χ1n) is 7.11. The summed E-state index contributed by atoms with van der Waals surface area (Å²) in [6.45, 7) is 0.699. The highest BCUT2D eigenvalue weighted by Gasteiger charge is 2.10. The van der Waals surface area contributed by atoms with Crippen molar-refractivity contribution in [1.82, 2.24) is 20.5 Å². The largest absolute Gasteiger partial charge is 0.351 e. The number of aromatic amines is 1. The van der Waals surface area contributed by atoms with Gasteiger partial charge in [0.2, 0.25) is 0 Å². The van der Waals surface area contributed by atoms with Crippen LogP contribution in [0, 0.1) is 0 Å². The minimum atomic E-state index is -0.108. The van der Waals surface area contributed by atoms with Crippen LogP contribution < -0.4 is 5.32 Å². The van der Waals surface area contributed by atoms with Crippen LogP contribution in [-0.4, -0.2) is 33.0 Å². The molecule has 6 heteroatoms. The summed E-state index contributed by atoms with van der Waals surface area (Å²) in [4.78, 5) is 15.9. The minimum Gasteiger partial charge on any atom is -0.351 e. The van der Waals surface area contributed by atoms with E-state index in [2.05, 4.69) is 36.4 Å². The number of amides is 1. The Hall–Kier alpha value is -1.69. The molecule has 2 aromatic rings. The van der Waals surface area contributed by atoms with Crippen molar-refractivity contribution in [3.05, 3.63) is 36.3 Å². The molecule has 2 heterocycles. The molecule has 0 aliphatic heterocycles. The molecule has 0 saturated heterocycles. The minimum absolute atomic E-state index is 0.108. The van der Waals surface area contributed by atoms with Crippen molar-refractivity contribution >= 4 is 21.8 Å². The number of aromatic nitrogens is 3. The number of H-pyrrole nitrogens is 1. The number of carbonyl (C=O) groups excluding carboxylic acids is 1. The van der Waals surface area contributed by atoms with Crippen molar-refractivity contribution in [2.45, 2.75) is 25.7 Å². The fourth-order valence-electron chi connectivity index (χ4n) is 1.98. The van der Waals surface area contributed by atoms with Gasteiger partial charge in [0.15, 0.2) is 0 Å². The Morgan fingerprint density at radius 1 is 1.19 bits per heavy atom. The van der Waals surface area contributed by atoms with Crippen molar-refractivity contribution in [2.24, 2.45) is 0 Å². The van der Waals surface area contributed by atoms with Crippen molar-refractivity contribution in [1.29, 1.82) is 0 Å². The second kappa shape index (κ2) is 8.56. The van der Waals surface area contributed by atoms with Crippen LogP contribution >= 0.6 is 15.9 Å². The standard InChI is InChI=1S/C15H19BrN4O/c16-7-3-1-2-4-8-18-15(21)14-11-13(19-20-14)12-5-9-17-10-6-12/h5-6,9-11H,1-4,7-8H2,(H,18,21)(H,19,20). The fraction of sp³-hybridized carbons (Fsp3) is 0.400. The number of halogens is 1. The lowest BCUT2D eigenvalue weighted by Gasteiger charge is -2.02. The molecule has 5 nitrogen and oxygen atoms in total. The van der Waals surface area contributed by atoms with Crippen LogP contribution in [0.5, 0.6) is 0 Å². The molecule has 21 heavy (non-hydrogen) atoms. The first-order valence-corrected chi connectivity index (χ1v) is 8.23. The van der Waals surface area contributed by atoms with E-state index in [1.54, 1.807) is 18.5 Å². The number of hydrogen-bond acceptors (Lipinski definition) is 3. The first kappa shape index (κ1) is 15.7. The quantitative estimate of drug-likeness (QED) is 0.567. The first-order chi connectivity index (χ1) is 10.3. The number of rotatable bonds is 8. The normalized spacial score (nSPS) is 10.5. The van der Waals surface area contributed by atoms with Crippen LogP contribution in [0.15, 0.2) is 30.6 Å². The molecule has 1 amide bonds. The number of carbonyl (C=O) groups is 1. The van der Waals surface area contributed by atoms with Crippen molar-refractivity contribution in [3.63, 3.8) is 0 Å². The molecule has 2 rings (SSSR count). The Kier molecular flexibility index (Phi) is 6.40. The predicted octanol–water partition coefficient (Wildman–Crippen LogP) is 3.16. The summed E-state index contributed by atoms with van der Waals surface area (Å²) in [6.07, 6.45) is 7.93. The monoisotopic (exact) mass is 350 g/mol. The van der Waals surface area contributed by atoms with E-state index in [4.69, 9.17) is 0 Å². The maximum absolute atomic E-state index is 12.0. The van der Waals surface area contributed by atoms with Gasteiger partial charge in [-0.25, -0.2) is 0 Å². The number of nitrogens with zero attached hydrogens (tertiary/aromatic N) is 2. The van der Waals surface area contributed by atoms with Gasteiger partial charge in [0.05, 0.1) is 5.69 Å². The number of nitrogens with one attached hydrogen (secondary N) is 2. The number of unbranched alkanes of at least 4 members (excludes halogenated alkanes) is 3. The van der Waals surface area contributed by atoms with Crippen LogP contribution in [0.4, 0.5) is 0 Å². The van der Waals surface area contributed by atoms with E-state index < -0.39 is 0 Å². The van der Waals surface area contributed by atoms with E-state index in [0.29, 0.717) is 12.2 Å². The summed E-state index contributed by atoms with van der Waals surface area (Å²) >= 11 is 3.41. The van der Waals surface area contributed by atoms with Crippen LogP contribution in [0.1, 0.15) is 36.2 Å². The third-order valence-electron chi connectivity index (χ3n) is 3.14. The van der Waals surface area contributed by atoms with E-state index in [0.717, 1.165) is 29.4 Å². The number of hydrogen-bond donors (Lipinski definition) is 2. The van der Waals surface area contributed by atoms with Gasteiger partial charge in [0.1, 0.15) is 5.69 Å². The van der Waals surface area contributed by atoms with Gasteiger partial charge in [-0.15, -0.1) is 0 Å². The number of pyridine rings is 1. The molecule has 0 fully saturated rings. The maximum Gasteiger partial charge on any atom is 0.269 e. The molecule has 0 radical (unpaired) electrons. The van der Waals surface area contributed by atoms with Gasteiger partial charge in [-0.1, -0.05) is 28.8 Å². The molecule has 2 aromatic heterocycles. The molecule has 112 valence electrons. The Labute approximate surface area is 132 Å². The maximum atomic E-state index is 12.0. The summed E-state index contributed by atoms with van der Waals surface area (Å²) in [5.74, 6) is -0.108. The highest BCUT2D eigenvalue weighted by molar-refractivity contribution is 9.09. The Bertz CT molecular complexity index is 556. The summed E-state index contributed by atoms with van der Waals surface area (Å²) in [5.41, 5.74) is 2.18. The van der Waals surface area contributed by atoms with Crippen LogP contribution in [-0.2, 0) is 0 Å². The van der Waals surface area contributed by atoms with Gasteiger partial charge >= 0.3 is 0 Å². The summed E-state index contributed by atoms with van der Waals surface area (Å²) in [7, 11) is 0. The zero-order valence-electron chi connectivity index (χ0n) is 11.8. The van der Waals surface area contributed by atoms with E-state index >= 15 is 0 Å². The molecule has 0 aromatic carbocycles. The molecule has 0 atom stereocenters. The molecule has 0 bridgehead atoms. The topological polar surface area (TPSA) is 70.7 Å². The average Bonchev–Trinajstić information content (AvgIpc) is 3.01. The molecule has 2 N–H and O–H groups in total. The highest BCUT2D eigenvalue weighted by Crippen LogP contribution is 2.16. The lowest BCUT2D eigenvalue weighted by molar-refractivity contribution is 0.0948. The van der Waals surface area contributed by atoms with Gasteiger partial charge in [-0.3, -0.25) is 14.9 Å². The Balaban J connectivity index is 1.80. The molecule has 0 aliphatic rings. The predicted molar refractivity (Wildman–Crippen MR) is 86.4 cm³/mol. The van der Waals surface area contributed by atoms with E-state index in [9.17, 15) is 4.79 Å². The molecule has 0 saturated carbocycles. The Morgan fingerprint density at radius 2 is 1.95 bits per heavy atom. The molecular weight excluding hydrogens is 332 g/mol. The smallest absolute Gasteiger partial charge is 0.269 e. The van der Waals surface area contributed by atoms with Crippen molar-refractivity contribution in [3.8, 4) is 11.3 Å². The van der Waals surface area contributed by atoms with Gasteiger partial charge in [0.25, 0.3) is 5.91 Å². The van der Waals surface area contributed by atoms with E-state index in [1.165, 1.54) is 12.8 Å². The van der Waals surface area contributed by atoms with E-state index in [1.807, 2.05) is 12.1 Å². The molecule has 0 aliphatic carbocycles. The molecular formula is C15H19BrN4O. The third kappa shape index (κ3) is 4.97. The molecule has 0 unspecified atom stereocenters. The lowest BCUT2D eigenvalue weighted by Crippen LogP contribution is -2.24. The fourth-order valence-corrected chi connectivity index (χ4v) is 2.38. The second-order valence-corrected chi connectivity index (χ2v) is 5.55. The van der Waals surface area contributed by atoms with Gasteiger partial charge < -0.3 is 5.32 Å². The van der Waals surface area contributed by atoms with E-state index in [-0.39, 0.29) is 5.91 Å². The Morgan fingerprint density at radius 3 is 2.71 bits per heavy atom. The van der Waals surface area contributed by atoms with Crippen LogP contribution in [0.25, 0.3) is 11.3 Å². The summed E-state index contributed by atoms with van der Waals surface area (Å²) < 4.78 is 0. The third-order valence-corrected chi connectivity index (χ3v) is 3.71. The van der Waals surface area contributed by atoms with Gasteiger partial charge in [-0.2, -0.15) is 5.10 Å². The molecule has 0 spiro atoms. The van der Waals surface area contributed by atoms with Crippen LogP contribution in [0.3, 0.4) is 0 Å². The van der Waals surface area contributed by atoms with Gasteiger partial charge in [0, 0.05) is 29.8 Å². The zero-order chi connectivity index (χ0) is 14.9. The van der Waals surface area contributed by atoms with Crippen molar-refractivity contribution < 1.29 is 4.79 Å². The highest BCUT2D eigenvalue weighted by atomic mass is 79.9. The SMILES string of the molecule is O=C(NCCCCCCBr)c1cc(-c2ccncc2)n[nH]1. The second-order valence-electron chi connectivity index (χ2n) is 4.76. The summed E-state index contributed by atoms with van der Waals surface area (Å²) in [5, 5.41) is 10.9. The average molecular weight is 351 g/mol. The van der Waals surface area contributed by atoms with Crippen LogP contribution in [0.2, 0.25) is 0 Å².